The second-order valence-corrected chi connectivity index (χ2v) is 11.2. The molecule has 0 bridgehead atoms. The van der Waals surface area contributed by atoms with Gasteiger partial charge in [-0.2, -0.15) is 13.2 Å². The summed E-state index contributed by atoms with van der Waals surface area (Å²) in [6.07, 6.45) is 1.40. The van der Waals surface area contributed by atoms with Crippen molar-refractivity contribution in [3.8, 4) is 0 Å². The number of benzene rings is 2. The van der Waals surface area contributed by atoms with Crippen molar-refractivity contribution >= 4 is 23.0 Å². The minimum absolute atomic E-state index is 0.0366. The van der Waals surface area contributed by atoms with Gasteiger partial charge in [-0.25, -0.2) is 19.7 Å². The van der Waals surface area contributed by atoms with E-state index in [-0.39, 0.29) is 41.8 Å². The highest BCUT2D eigenvalue weighted by molar-refractivity contribution is 5.91. The number of carbonyl (C=O) groups excluding carboxylic acids is 1. The molecule has 2 aromatic heterocycles. The molecule has 6 rings (SSSR count). The summed E-state index contributed by atoms with van der Waals surface area (Å²) in [7, 11) is 0. The summed E-state index contributed by atoms with van der Waals surface area (Å²) in [5, 5.41) is 0. The molecular formula is C31H32F3N5O2. The molecule has 2 aliphatic rings. The van der Waals surface area contributed by atoms with E-state index in [9.17, 15) is 18.0 Å². The van der Waals surface area contributed by atoms with Gasteiger partial charge in [0, 0.05) is 12.5 Å². The van der Waals surface area contributed by atoms with Crippen LogP contribution in [0.25, 0.3) is 11.2 Å². The SMILES string of the molecule is CC(OC(=O)c1nc(N)c2c(n1)nc(C1CCCC1c1ccccc1)n2Cc1ccc(C(F)(F)F)cc1)C1CCC1. The Balaban J connectivity index is 1.40. The number of imidazole rings is 1. The summed E-state index contributed by atoms with van der Waals surface area (Å²) >= 11 is 0. The van der Waals surface area contributed by atoms with Gasteiger partial charge < -0.3 is 15.0 Å². The van der Waals surface area contributed by atoms with Crippen molar-refractivity contribution in [2.45, 2.75) is 76.1 Å². The quantitative estimate of drug-likeness (QED) is 0.247. The zero-order valence-electron chi connectivity index (χ0n) is 22.8. The lowest BCUT2D eigenvalue weighted by molar-refractivity contribution is -0.137. The fourth-order valence-corrected chi connectivity index (χ4v) is 6.19. The van der Waals surface area contributed by atoms with E-state index in [1.54, 1.807) is 0 Å². The van der Waals surface area contributed by atoms with E-state index in [1.165, 1.54) is 17.7 Å². The van der Waals surface area contributed by atoms with Gasteiger partial charge in [0.05, 0.1) is 5.56 Å². The van der Waals surface area contributed by atoms with E-state index in [4.69, 9.17) is 15.5 Å². The molecule has 3 unspecified atom stereocenters. The number of hydrogen-bond acceptors (Lipinski definition) is 6. The monoisotopic (exact) mass is 563 g/mol. The number of rotatable bonds is 7. The highest BCUT2D eigenvalue weighted by atomic mass is 19.4. The lowest BCUT2D eigenvalue weighted by Gasteiger charge is -2.30. The second-order valence-electron chi connectivity index (χ2n) is 11.2. The summed E-state index contributed by atoms with van der Waals surface area (Å²) < 4.78 is 47.1. The smallest absolute Gasteiger partial charge is 0.416 e. The summed E-state index contributed by atoms with van der Waals surface area (Å²) in [6.45, 7) is 2.11. The molecule has 2 heterocycles. The molecular weight excluding hydrogens is 531 g/mol. The van der Waals surface area contributed by atoms with Crippen molar-refractivity contribution in [3.05, 3.63) is 82.9 Å². The Morgan fingerprint density at radius 1 is 0.976 bits per heavy atom. The summed E-state index contributed by atoms with van der Waals surface area (Å²) in [6, 6.07) is 15.3. The first-order valence-corrected chi connectivity index (χ1v) is 14.1. The fraction of sp³-hybridized carbons (Fsp3) is 0.419. The van der Waals surface area contributed by atoms with Crippen LogP contribution in [0.5, 0.6) is 0 Å². The highest BCUT2D eigenvalue weighted by Crippen LogP contribution is 2.46. The van der Waals surface area contributed by atoms with E-state index in [2.05, 4.69) is 22.1 Å². The number of nitrogens with two attached hydrogens (primary N) is 1. The fourth-order valence-electron chi connectivity index (χ4n) is 6.19. The first-order valence-electron chi connectivity index (χ1n) is 14.1. The number of fused-ring (bicyclic) bond motifs is 1. The molecule has 41 heavy (non-hydrogen) atoms. The Morgan fingerprint density at radius 3 is 2.32 bits per heavy atom. The van der Waals surface area contributed by atoms with Gasteiger partial charge in [0.1, 0.15) is 17.4 Å². The zero-order chi connectivity index (χ0) is 28.7. The standard InChI is InChI=1S/C31H32F3N5O2/c1-18(20-9-5-10-20)41-30(40)28-36-26(35)25-27(37-28)38-29(24-12-6-11-23(24)21-7-3-2-4-8-21)39(25)17-19-13-15-22(16-14-19)31(32,33)34/h2-4,7-8,13-16,18,20,23-24H,5-6,9-12,17H2,1H3,(H2,35,36,37). The first-order chi connectivity index (χ1) is 19.7. The summed E-state index contributed by atoms with van der Waals surface area (Å²) in [5.74, 6) is 0.624. The lowest BCUT2D eigenvalue weighted by Crippen LogP contribution is -2.29. The maximum atomic E-state index is 13.2. The molecule has 0 amide bonds. The Hall–Kier alpha value is -3.95. The molecule has 214 valence electrons. The molecule has 0 saturated heterocycles. The van der Waals surface area contributed by atoms with Crippen molar-refractivity contribution in [2.75, 3.05) is 5.73 Å². The number of hydrogen-bond donors (Lipinski definition) is 1. The number of carbonyl (C=O) groups is 1. The summed E-state index contributed by atoms with van der Waals surface area (Å²) in [5.41, 5.74) is 8.34. The minimum atomic E-state index is -4.42. The van der Waals surface area contributed by atoms with Crippen LogP contribution >= 0.6 is 0 Å². The van der Waals surface area contributed by atoms with Gasteiger partial charge in [-0.3, -0.25) is 0 Å². The molecule has 10 heteroatoms. The van der Waals surface area contributed by atoms with E-state index in [0.29, 0.717) is 17.0 Å². The van der Waals surface area contributed by atoms with E-state index < -0.39 is 17.7 Å². The van der Waals surface area contributed by atoms with Gasteiger partial charge in [0.25, 0.3) is 0 Å². The predicted molar refractivity (Wildman–Crippen MR) is 148 cm³/mol. The van der Waals surface area contributed by atoms with E-state index >= 15 is 0 Å². The number of esters is 1. The Morgan fingerprint density at radius 2 is 1.66 bits per heavy atom. The molecule has 4 aromatic rings. The van der Waals surface area contributed by atoms with Crippen LogP contribution in [0.1, 0.15) is 90.4 Å². The molecule has 0 aliphatic heterocycles. The van der Waals surface area contributed by atoms with E-state index in [1.807, 2.05) is 29.7 Å². The lowest BCUT2D eigenvalue weighted by atomic mass is 9.82. The van der Waals surface area contributed by atoms with Crippen LogP contribution < -0.4 is 5.73 Å². The number of halogens is 3. The van der Waals surface area contributed by atoms with Gasteiger partial charge >= 0.3 is 12.1 Å². The third-order valence-electron chi connectivity index (χ3n) is 8.65. The molecule has 2 N–H and O–H groups in total. The summed E-state index contributed by atoms with van der Waals surface area (Å²) in [4.78, 5) is 26.7. The van der Waals surface area contributed by atoms with Gasteiger partial charge in [-0.15, -0.1) is 0 Å². The number of anilines is 1. The minimum Gasteiger partial charge on any atom is -0.456 e. The number of nitrogen functional groups attached to an aromatic ring is 1. The third kappa shape index (κ3) is 5.39. The van der Waals surface area contributed by atoms with Crippen molar-refractivity contribution in [2.24, 2.45) is 5.92 Å². The molecule has 7 nitrogen and oxygen atoms in total. The van der Waals surface area contributed by atoms with Crippen molar-refractivity contribution in [1.82, 2.24) is 19.5 Å². The number of nitrogens with zero attached hydrogens (tertiary/aromatic N) is 4. The molecule has 0 radical (unpaired) electrons. The van der Waals surface area contributed by atoms with Gasteiger partial charge in [0.2, 0.25) is 5.82 Å². The molecule has 3 atom stereocenters. The predicted octanol–water partition coefficient (Wildman–Crippen LogP) is 6.87. The third-order valence-corrected chi connectivity index (χ3v) is 8.65. The molecule has 2 saturated carbocycles. The molecule has 0 spiro atoms. The number of ether oxygens (including phenoxy) is 1. The van der Waals surface area contributed by atoms with Crippen LogP contribution in [0, 0.1) is 5.92 Å². The van der Waals surface area contributed by atoms with Crippen LogP contribution in [-0.4, -0.2) is 31.6 Å². The Labute approximate surface area is 236 Å². The van der Waals surface area contributed by atoms with Gasteiger partial charge in [0.15, 0.2) is 11.5 Å². The Kier molecular flexibility index (Phi) is 7.17. The number of alkyl halides is 3. The van der Waals surface area contributed by atoms with Crippen LogP contribution in [0.2, 0.25) is 0 Å². The van der Waals surface area contributed by atoms with Crippen molar-refractivity contribution in [1.29, 1.82) is 0 Å². The van der Waals surface area contributed by atoms with Crippen LogP contribution in [0.3, 0.4) is 0 Å². The van der Waals surface area contributed by atoms with Crippen LogP contribution in [0.4, 0.5) is 19.0 Å². The zero-order valence-corrected chi connectivity index (χ0v) is 22.8. The first kappa shape index (κ1) is 27.2. The van der Waals surface area contributed by atoms with Crippen molar-refractivity contribution < 1.29 is 22.7 Å². The van der Waals surface area contributed by atoms with Crippen molar-refractivity contribution in [3.63, 3.8) is 0 Å². The molecule has 2 fully saturated rings. The molecule has 2 aliphatic carbocycles. The second kappa shape index (κ2) is 10.8. The largest absolute Gasteiger partial charge is 0.456 e. The average molecular weight is 564 g/mol. The van der Waals surface area contributed by atoms with Crippen LogP contribution in [0.15, 0.2) is 54.6 Å². The topological polar surface area (TPSA) is 95.9 Å². The Bertz CT molecular complexity index is 1550. The van der Waals surface area contributed by atoms with Gasteiger partial charge in [-0.05, 0) is 67.7 Å². The van der Waals surface area contributed by atoms with Crippen LogP contribution in [-0.2, 0) is 17.5 Å². The number of aromatic nitrogens is 4. The molecule has 2 aromatic carbocycles. The maximum absolute atomic E-state index is 13.2. The van der Waals surface area contributed by atoms with E-state index in [0.717, 1.165) is 56.5 Å². The highest BCUT2D eigenvalue weighted by Gasteiger charge is 2.35. The average Bonchev–Trinajstić information content (AvgIpc) is 3.53. The normalized spacial score (nSPS) is 20.2. The maximum Gasteiger partial charge on any atom is 0.416 e. The van der Waals surface area contributed by atoms with Gasteiger partial charge in [-0.1, -0.05) is 55.3 Å².